The van der Waals surface area contributed by atoms with E-state index < -0.39 is 0 Å². The molecule has 1 fully saturated rings. The molecule has 1 atom stereocenters. The van der Waals surface area contributed by atoms with E-state index >= 15 is 0 Å². The van der Waals surface area contributed by atoms with Gasteiger partial charge in [-0.2, -0.15) is 5.10 Å². The Bertz CT molecular complexity index is 764. The third-order valence-corrected chi connectivity index (χ3v) is 4.95. The van der Waals surface area contributed by atoms with Gasteiger partial charge >= 0.3 is 0 Å². The van der Waals surface area contributed by atoms with Crippen LogP contribution in [0.3, 0.4) is 0 Å². The highest BCUT2D eigenvalue weighted by molar-refractivity contribution is 5.78. The molecule has 0 N–H and O–H groups in total. The van der Waals surface area contributed by atoms with Gasteiger partial charge in [0.05, 0.1) is 19.6 Å². The van der Waals surface area contributed by atoms with E-state index in [1.165, 1.54) is 0 Å². The van der Waals surface area contributed by atoms with Crippen molar-refractivity contribution in [2.24, 2.45) is 5.92 Å². The minimum atomic E-state index is -0.121. The summed E-state index contributed by atoms with van der Waals surface area (Å²) in [7, 11) is 1.65. The number of ether oxygens (including phenoxy) is 2. The summed E-state index contributed by atoms with van der Waals surface area (Å²) in [5.41, 5.74) is 0. The van der Waals surface area contributed by atoms with E-state index in [1.54, 1.807) is 7.11 Å². The summed E-state index contributed by atoms with van der Waals surface area (Å²) in [6.07, 6.45) is 1.82. The van der Waals surface area contributed by atoms with Crippen molar-refractivity contribution in [3.05, 3.63) is 35.9 Å². The van der Waals surface area contributed by atoms with Crippen molar-refractivity contribution in [2.45, 2.75) is 46.3 Å². The predicted molar refractivity (Wildman–Crippen MR) is 102 cm³/mol. The fourth-order valence-electron chi connectivity index (χ4n) is 3.42. The van der Waals surface area contributed by atoms with Crippen LogP contribution in [0.4, 0.5) is 0 Å². The van der Waals surface area contributed by atoms with Crippen LogP contribution >= 0.6 is 0 Å². The van der Waals surface area contributed by atoms with E-state index in [2.05, 4.69) is 10.1 Å². The SMILES string of the molecule is COc1ccc(OC2CCN(C(=O)[C@H](C)Cn3nc(C)nc3C)CC2)cc1. The van der Waals surface area contributed by atoms with Gasteiger partial charge in [-0.05, 0) is 38.1 Å². The third-order valence-electron chi connectivity index (χ3n) is 4.95. The second-order valence-electron chi connectivity index (χ2n) is 7.11. The lowest BCUT2D eigenvalue weighted by Gasteiger charge is -2.33. The summed E-state index contributed by atoms with van der Waals surface area (Å²) < 4.78 is 13.0. The Hall–Kier alpha value is -2.57. The second-order valence-corrected chi connectivity index (χ2v) is 7.11. The Labute approximate surface area is 160 Å². The largest absolute Gasteiger partial charge is 0.497 e. The zero-order valence-electron chi connectivity index (χ0n) is 16.5. The molecule has 0 radical (unpaired) electrons. The van der Waals surface area contributed by atoms with Gasteiger partial charge < -0.3 is 14.4 Å². The molecular weight excluding hydrogens is 344 g/mol. The second kappa shape index (κ2) is 8.41. The quantitative estimate of drug-likeness (QED) is 0.780. The van der Waals surface area contributed by atoms with Crippen molar-refractivity contribution in [3.63, 3.8) is 0 Å². The molecule has 0 bridgehead atoms. The van der Waals surface area contributed by atoms with Crippen molar-refractivity contribution >= 4 is 5.91 Å². The van der Waals surface area contributed by atoms with Gasteiger partial charge in [0, 0.05) is 25.9 Å². The fourth-order valence-corrected chi connectivity index (χ4v) is 3.42. The number of hydrogen-bond acceptors (Lipinski definition) is 5. The standard InChI is InChI=1S/C20H28N4O3/c1-14(13-24-16(3)21-15(2)22-24)20(25)23-11-9-19(10-12-23)27-18-7-5-17(26-4)6-8-18/h5-8,14,19H,9-13H2,1-4H3/t14-/m1/s1. The molecule has 1 saturated heterocycles. The van der Waals surface area contributed by atoms with Crippen molar-refractivity contribution in [3.8, 4) is 11.5 Å². The molecule has 146 valence electrons. The van der Waals surface area contributed by atoms with Crippen molar-refractivity contribution in [2.75, 3.05) is 20.2 Å². The Morgan fingerprint density at radius 1 is 1.19 bits per heavy atom. The summed E-state index contributed by atoms with van der Waals surface area (Å²) in [5.74, 6) is 3.29. The van der Waals surface area contributed by atoms with Crippen LogP contribution in [0, 0.1) is 19.8 Å². The lowest BCUT2D eigenvalue weighted by molar-refractivity contribution is -0.137. The monoisotopic (exact) mass is 372 g/mol. The van der Waals surface area contributed by atoms with Gasteiger partial charge in [-0.3, -0.25) is 4.79 Å². The van der Waals surface area contributed by atoms with Gasteiger partial charge in [0.2, 0.25) is 5.91 Å². The first-order chi connectivity index (χ1) is 13.0. The number of nitrogens with zero attached hydrogens (tertiary/aromatic N) is 4. The number of hydrogen-bond donors (Lipinski definition) is 0. The van der Waals surface area contributed by atoms with Gasteiger partial charge in [-0.1, -0.05) is 6.92 Å². The lowest BCUT2D eigenvalue weighted by Crippen LogP contribution is -2.44. The first kappa shape index (κ1) is 19.2. The van der Waals surface area contributed by atoms with E-state index in [0.717, 1.165) is 49.1 Å². The zero-order chi connectivity index (χ0) is 19.4. The summed E-state index contributed by atoms with van der Waals surface area (Å²) in [6.45, 7) is 7.74. The third kappa shape index (κ3) is 4.78. The summed E-state index contributed by atoms with van der Waals surface area (Å²) in [5, 5.41) is 4.35. The number of benzene rings is 1. The molecule has 27 heavy (non-hydrogen) atoms. The van der Waals surface area contributed by atoms with Crippen LogP contribution in [0.15, 0.2) is 24.3 Å². The van der Waals surface area contributed by atoms with Crippen molar-refractivity contribution in [1.29, 1.82) is 0 Å². The molecule has 2 aromatic rings. The highest BCUT2D eigenvalue weighted by atomic mass is 16.5. The normalized spacial score (nSPS) is 16.2. The van der Waals surface area contributed by atoms with E-state index in [1.807, 2.05) is 54.6 Å². The number of rotatable bonds is 6. The van der Waals surface area contributed by atoms with Crippen LogP contribution < -0.4 is 9.47 Å². The zero-order valence-corrected chi connectivity index (χ0v) is 16.5. The highest BCUT2D eigenvalue weighted by Gasteiger charge is 2.27. The van der Waals surface area contributed by atoms with Crippen LogP contribution in [0.2, 0.25) is 0 Å². The van der Waals surface area contributed by atoms with Crippen LogP contribution in [0.5, 0.6) is 11.5 Å². The maximum absolute atomic E-state index is 12.8. The Morgan fingerprint density at radius 2 is 1.81 bits per heavy atom. The Kier molecular flexibility index (Phi) is 5.98. The number of amides is 1. The van der Waals surface area contributed by atoms with E-state index in [9.17, 15) is 4.79 Å². The first-order valence-electron chi connectivity index (χ1n) is 9.44. The van der Waals surface area contributed by atoms with Crippen molar-refractivity contribution in [1.82, 2.24) is 19.7 Å². The van der Waals surface area contributed by atoms with Gasteiger partial charge in [0.25, 0.3) is 0 Å². The molecule has 0 spiro atoms. The molecule has 2 heterocycles. The average Bonchev–Trinajstić information content (AvgIpc) is 2.99. The fraction of sp³-hybridized carbons (Fsp3) is 0.550. The molecule has 1 amide bonds. The molecule has 0 aliphatic carbocycles. The summed E-state index contributed by atoms with van der Waals surface area (Å²) in [4.78, 5) is 19.0. The van der Waals surface area contributed by atoms with Crippen molar-refractivity contribution < 1.29 is 14.3 Å². The molecule has 1 aromatic heterocycles. The average molecular weight is 372 g/mol. The number of carbonyl (C=O) groups is 1. The molecule has 0 saturated carbocycles. The minimum absolute atomic E-state index is 0.121. The van der Waals surface area contributed by atoms with Gasteiger partial charge in [-0.25, -0.2) is 9.67 Å². The van der Waals surface area contributed by atoms with Gasteiger partial charge in [0.1, 0.15) is 29.3 Å². The Balaban J connectivity index is 1.48. The molecule has 1 aliphatic heterocycles. The van der Waals surface area contributed by atoms with E-state index in [0.29, 0.717) is 6.54 Å². The number of likely N-dealkylation sites (tertiary alicyclic amines) is 1. The van der Waals surface area contributed by atoms with Gasteiger partial charge in [0.15, 0.2) is 0 Å². The first-order valence-corrected chi connectivity index (χ1v) is 9.44. The van der Waals surface area contributed by atoms with E-state index in [-0.39, 0.29) is 17.9 Å². The number of piperidine rings is 1. The summed E-state index contributed by atoms with van der Waals surface area (Å²) >= 11 is 0. The molecule has 0 unspecified atom stereocenters. The van der Waals surface area contributed by atoms with Gasteiger partial charge in [-0.15, -0.1) is 0 Å². The lowest BCUT2D eigenvalue weighted by atomic mass is 10.0. The Morgan fingerprint density at radius 3 is 2.37 bits per heavy atom. The van der Waals surface area contributed by atoms with Crippen LogP contribution in [-0.4, -0.2) is 51.9 Å². The minimum Gasteiger partial charge on any atom is -0.497 e. The maximum atomic E-state index is 12.8. The molecule has 1 aromatic carbocycles. The molecule has 7 nitrogen and oxygen atoms in total. The van der Waals surface area contributed by atoms with Crippen LogP contribution in [0.25, 0.3) is 0 Å². The molecule has 1 aliphatic rings. The summed E-state index contributed by atoms with van der Waals surface area (Å²) in [6, 6.07) is 7.62. The number of carbonyl (C=O) groups excluding carboxylic acids is 1. The highest BCUT2D eigenvalue weighted by Crippen LogP contribution is 2.22. The smallest absolute Gasteiger partial charge is 0.227 e. The molecule has 7 heteroatoms. The number of methoxy groups -OCH3 is 1. The number of aryl methyl sites for hydroxylation is 2. The number of aromatic nitrogens is 3. The van der Waals surface area contributed by atoms with Crippen LogP contribution in [0.1, 0.15) is 31.4 Å². The predicted octanol–water partition coefficient (Wildman–Crippen LogP) is 2.61. The topological polar surface area (TPSA) is 69.5 Å². The van der Waals surface area contributed by atoms with E-state index in [4.69, 9.17) is 9.47 Å². The molecular formula is C20H28N4O3. The maximum Gasteiger partial charge on any atom is 0.227 e. The van der Waals surface area contributed by atoms with Crippen LogP contribution in [-0.2, 0) is 11.3 Å². The molecule has 3 rings (SSSR count).